The number of rotatable bonds is 57. The van der Waals surface area contributed by atoms with E-state index in [4.69, 9.17) is 13.8 Å². The van der Waals surface area contributed by atoms with E-state index >= 15 is 0 Å². The number of ether oxygens (including phenoxy) is 1. The van der Waals surface area contributed by atoms with Crippen molar-refractivity contribution in [1.29, 1.82) is 0 Å². The van der Waals surface area contributed by atoms with Gasteiger partial charge in [-0.2, -0.15) is 0 Å². The molecule has 3 atom stereocenters. The molecule has 0 bridgehead atoms. The zero-order chi connectivity index (χ0) is 56.4. The number of unbranched alkanes of at least 4 members (excludes halogenated alkanes) is 29. The van der Waals surface area contributed by atoms with Crippen LogP contribution in [0.2, 0.25) is 0 Å². The zero-order valence-electron chi connectivity index (χ0n) is 50.9. The second-order valence-electron chi connectivity index (χ2n) is 22.5. The van der Waals surface area contributed by atoms with Crippen LogP contribution >= 0.6 is 7.82 Å². The number of nitrogens with zero attached hydrogens (tertiary/aromatic N) is 1. The van der Waals surface area contributed by atoms with E-state index in [-0.39, 0.29) is 18.9 Å². The molecule has 0 radical (unpaired) electrons. The Hall–Kier alpha value is -2.81. The molecule has 0 aliphatic rings. The first kappa shape index (κ1) is 74.2. The number of carbonyl (C=O) groups is 2. The molecule has 9 nitrogen and oxygen atoms in total. The molecular weight excluding hydrogens is 976 g/mol. The zero-order valence-corrected chi connectivity index (χ0v) is 51.8. The Morgan fingerprint density at radius 2 is 0.844 bits per heavy atom. The predicted molar refractivity (Wildman–Crippen MR) is 330 cm³/mol. The fourth-order valence-corrected chi connectivity index (χ4v) is 9.63. The van der Waals surface area contributed by atoms with E-state index in [0.29, 0.717) is 23.9 Å². The number of phosphoric ester groups is 1. The van der Waals surface area contributed by atoms with Crippen LogP contribution in [0.5, 0.6) is 0 Å². The number of likely N-dealkylation sites (N-methyl/N-ethyl adjacent to an activating group) is 1. The molecule has 0 rings (SSSR count). The van der Waals surface area contributed by atoms with Gasteiger partial charge < -0.3 is 28.5 Å². The first-order valence-corrected chi connectivity index (χ1v) is 33.4. The lowest BCUT2D eigenvalue weighted by atomic mass is 10.0. The number of esters is 1. The Kier molecular flexibility index (Phi) is 54.4. The van der Waals surface area contributed by atoms with Crippen molar-refractivity contribution in [2.24, 2.45) is 0 Å². The Labute approximate surface area is 476 Å². The van der Waals surface area contributed by atoms with Crippen LogP contribution in [0.25, 0.3) is 0 Å². The summed E-state index contributed by atoms with van der Waals surface area (Å²) in [5.41, 5.74) is 0. The molecule has 0 fully saturated rings. The van der Waals surface area contributed by atoms with E-state index in [1.165, 1.54) is 154 Å². The highest BCUT2D eigenvalue weighted by atomic mass is 31.2. The van der Waals surface area contributed by atoms with Crippen LogP contribution in [-0.4, -0.2) is 69.4 Å². The van der Waals surface area contributed by atoms with Crippen LogP contribution in [0.1, 0.15) is 278 Å². The van der Waals surface area contributed by atoms with Gasteiger partial charge in [0.15, 0.2) is 0 Å². The van der Waals surface area contributed by atoms with Crippen molar-refractivity contribution in [1.82, 2.24) is 5.32 Å². The highest BCUT2D eigenvalue weighted by molar-refractivity contribution is 7.45. The largest absolute Gasteiger partial charge is 0.756 e. The van der Waals surface area contributed by atoms with Gasteiger partial charge in [0.25, 0.3) is 7.82 Å². The van der Waals surface area contributed by atoms with Crippen molar-refractivity contribution < 1.29 is 37.3 Å². The van der Waals surface area contributed by atoms with Crippen LogP contribution in [0.15, 0.2) is 85.1 Å². The molecule has 1 N–H and O–H groups in total. The Morgan fingerprint density at radius 1 is 0.468 bits per heavy atom. The topological polar surface area (TPSA) is 114 Å². The standard InChI is InChI=1S/C67H121N2O7P/c1-7-10-13-16-19-22-25-28-30-32-33-34-35-37-38-41-44-47-50-53-56-59-66(70)68-64(63-75-77(72,73)74-62-61-69(4,5)6)65(58-55-52-49-46-43-40-27-24-21-18-15-12-9-3)76-67(71)60-57-54-51-48-45-42-39-36-31-29-26-23-20-17-14-11-8-2/h11,14,20,23,28-31,39,42,48,51,55,58,64-65H,7-10,12-13,15-19,21-22,24-27,32-38,40-41,43-47,49-50,52-54,56-57,59-63H2,1-6H3,(H-,68,70,72,73)/b14-11-,23-20-,30-28+,31-29-,42-39-,51-48-,58-55-. The predicted octanol–water partition coefficient (Wildman–Crippen LogP) is 19.1. The second-order valence-corrected chi connectivity index (χ2v) is 23.9. The average molecular weight is 1100 g/mol. The summed E-state index contributed by atoms with van der Waals surface area (Å²) >= 11 is 0. The van der Waals surface area contributed by atoms with Gasteiger partial charge >= 0.3 is 5.97 Å². The molecule has 0 spiro atoms. The molecule has 3 unspecified atom stereocenters. The number of quaternary nitrogens is 1. The summed E-state index contributed by atoms with van der Waals surface area (Å²) < 4.78 is 30.3. The van der Waals surface area contributed by atoms with Gasteiger partial charge in [-0.25, -0.2) is 0 Å². The van der Waals surface area contributed by atoms with E-state index in [1.54, 1.807) is 0 Å². The van der Waals surface area contributed by atoms with Crippen molar-refractivity contribution >= 4 is 19.7 Å². The van der Waals surface area contributed by atoms with Gasteiger partial charge in [-0.3, -0.25) is 14.2 Å². The summed E-state index contributed by atoms with van der Waals surface area (Å²) in [7, 11) is 1.15. The SMILES string of the molecule is CC/C=C\C/C=C\C/C=C\C/C=C\C/C=C\CCCC(=O)OC(/C=C\CCCCCCCCCCCCC)C(COP(=O)([O-])OCC[N+](C)(C)C)NC(=O)CCCCCCCCCCCCC/C=C/CCCCCCCC. The smallest absolute Gasteiger partial charge is 0.306 e. The number of hydrogen-bond acceptors (Lipinski definition) is 7. The third-order valence-electron chi connectivity index (χ3n) is 13.8. The fraction of sp³-hybridized carbons (Fsp3) is 0.761. The monoisotopic (exact) mass is 1100 g/mol. The van der Waals surface area contributed by atoms with Crippen molar-refractivity contribution in [3.05, 3.63) is 85.1 Å². The van der Waals surface area contributed by atoms with E-state index in [2.05, 4.69) is 99.0 Å². The van der Waals surface area contributed by atoms with Gasteiger partial charge in [-0.1, -0.05) is 254 Å². The lowest BCUT2D eigenvalue weighted by molar-refractivity contribution is -0.870. The molecule has 0 aliphatic heterocycles. The molecular formula is C67H121N2O7P. The van der Waals surface area contributed by atoms with Crippen molar-refractivity contribution in [2.75, 3.05) is 40.9 Å². The maximum Gasteiger partial charge on any atom is 0.306 e. The Morgan fingerprint density at radius 3 is 1.29 bits per heavy atom. The molecule has 10 heteroatoms. The van der Waals surface area contributed by atoms with Crippen molar-refractivity contribution in [2.45, 2.75) is 290 Å². The van der Waals surface area contributed by atoms with Gasteiger partial charge in [0, 0.05) is 12.8 Å². The molecule has 0 aromatic rings. The van der Waals surface area contributed by atoms with E-state index < -0.39 is 32.5 Å². The van der Waals surface area contributed by atoms with Gasteiger partial charge in [-0.15, -0.1) is 0 Å². The highest BCUT2D eigenvalue weighted by Crippen LogP contribution is 2.38. The lowest BCUT2D eigenvalue weighted by Gasteiger charge is -2.30. The summed E-state index contributed by atoms with van der Waals surface area (Å²) in [5.74, 6) is -0.607. The molecule has 77 heavy (non-hydrogen) atoms. The number of carbonyl (C=O) groups excluding carboxylic acids is 2. The quantitative estimate of drug-likeness (QED) is 0.0212. The third-order valence-corrected chi connectivity index (χ3v) is 14.8. The van der Waals surface area contributed by atoms with Crippen molar-refractivity contribution in [3.8, 4) is 0 Å². The highest BCUT2D eigenvalue weighted by Gasteiger charge is 2.27. The maximum absolute atomic E-state index is 13.6. The molecule has 0 saturated heterocycles. The van der Waals surface area contributed by atoms with Gasteiger partial charge in [0.05, 0.1) is 33.8 Å². The molecule has 0 heterocycles. The van der Waals surface area contributed by atoms with E-state index in [9.17, 15) is 19.0 Å². The fourth-order valence-electron chi connectivity index (χ4n) is 8.91. The minimum atomic E-state index is -4.72. The molecule has 0 aromatic carbocycles. The molecule has 0 aromatic heterocycles. The maximum atomic E-state index is 13.6. The second kappa shape index (κ2) is 56.5. The summed E-state index contributed by atoms with van der Waals surface area (Å²) in [6.07, 6.45) is 74.2. The molecule has 1 amide bonds. The first-order valence-electron chi connectivity index (χ1n) is 31.9. The summed E-state index contributed by atoms with van der Waals surface area (Å²) in [6.45, 7) is 6.70. The molecule has 0 aliphatic carbocycles. The number of phosphoric acid groups is 1. The number of nitrogens with one attached hydrogen (secondary N) is 1. The molecule has 0 saturated carbocycles. The van der Waals surface area contributed by atoms with Gasteiger partial charge in [-0.05, 0) is 96.0 Å². The lowest BCUT2D eigenvalue weighted by Crippen LogP contribution is -2.47. The molecule has 446 valence electrons. The first-order chi connectivity index (χ1) is 37.4. The average Bonchev–Trinajstić information content (AvgIpc) is 3.39. The van der Waals surface area contributed by atoms with Crippen LogP contribution in [0.4, 0.5) is 0 Å². The number of hydrogen-bond donors (Lipinski definition) is 1. The van der Waals surface area contributed by atoms with E-state index in [1.807, 2.05) is 33.3 Å². The van der Waals surface area contributed by atoms with Gasteiger partial charge in [0.1, 0.15) is 19.3 Å². The normalized spacial score (nSPS) is 14.2. The minimum absolute atomic E-state index is 0.0338. The number of allylic oxidation sites excluding steroid dienone is 13. The van der Waals surface area contributed by atoms with Crippen LogP contribution in [0, 0.1) is 0 Å². The van der Waals surface area contributed by atoms with Crippen LogP contribution < -0.4 is 10.2 Å². The van der Waals surface area contributed by atoms with Crippen LogP contribution in [-0.2, 0) is 27.9 Å². The number of amides is 1. The van der Waals surface area contributed by atoms with Crippen molar-refractivity contribution in [3.63, 3.8) is 0 Å². The third kappa shape index (κ3) is 57.7. The summed E-state index contributed by atoms with van der Waals surface area (Å²) in [6, 6.07) is -0.915. The Bertz CT molecular complexity index is 1590. The van der Waals surface area contributed by atoms with E-state index in [0.717, 1.165) is 83.5 Å². The summed E-state index contributed by atoms with van der Waals surface area (Å²) in [4.78, 5) is 40.0. The van der Waals surface area contributed by atoms with Gasteiger partial charge in [0.2, 0.25) is 5.91 Å². The summed E-state index contributed by atoms with van der Waals surface area (Å²) in [5, 5.41) is 3.02. The van der Waals surface area contributed by atoms with Crippen LogP contribution in [0.3, 0.4) is 0 Å². The Balaban J connectivity index is 5.31. The minimum Gasteiger partial charge on any atom is -0.756 e.